The van der Waals surface area contributed by atoms with Crippen LogP contribution in [0.4, 0.5) is 0 Å². The summed E-state index contributed by atoms with van der Waals surface area (Å²) in [6, 6.07) is 3.52. The number of hydrogen-bond acceptors (Lipinski definition) is 5. The molecule has 0 aliphatic carbocycles. The molecule has 0 bridgehead atoms. The van der Waals surface area contributed by atoms with Gasteiger partial charge in [0.1, 0.15) is 4.32 Å². The van der Waals surface area contributed by atoms with E-state index in [-0.39, 0.29) is 12.0 Å². The van der Waals surface area contributed by atoms with Crippen LogP contribution in [-0.4, -0.2) is 35.4 Å². The first-order chi connectivity index (χ1) is 10.3. The number of thiocarbonyl (C=S) groups is 1. The van der Waals surface area contributed by atoms with Crippen molar-refractivity contribution in [1.29, 1.82) is 0 Å². The van der Waals surface area contributed by atoms with Gasteiger partial charge >= 0.3 is 0 Å². The summed E-state index contributed by atoms with van der Waals surface area (Å²) in [6.45, 7) is 3.83. The molecule has 1 saturated heterocycles. The summed E-state index contributed by atoms with van der Waals surface area (Å²) in [5.74, 6) is 0.909. The summed E-state index contributed by atoms with van der Waals surface area (Å²) < 4.78 is 11.5. The molecule has 0 saturated carbocycles. The third-order valence-electron chi connectivity index (χ3n) is 2.89. The molecule has 1 fully saturated rings. The average Bonchev–Trinajstić information content (AvgIpc) is 2.68. The second-order valence-electron chi connectivity index (χ2n) is 4.94. The standard InChI is InChI=1S/C15H16ClNO3S2/c1-8(2)20-13-10(16)5-9(6-11(13)19-4)7-12-14(18)17(3)15(21)22-12/h5-8H,1-4H3/b12-7+. The predicted molar refractivity (Wildman–Crippen MR) is 94.7 cm³/mol. The molecule has 1 aliphatic rings. The molecule has 118 valence electrons. The van der Waals surface area contributed by atoms with Gasteiger partial charge in [0.05, 0.1) is 23.1 Å². The van der Waals surface area contributed by atoms with Gasteiger partial charge in [-0.25, -0.2) is 0 Å². The van der Waals surface area contributed by atoms with E-state index < -0.39 is 0 Å². The number of ether oxygens (including phenoxy) is 2. The Kier molecular flexibility index (Phi) is 5.36. The third kappa shape index (κ3) is 3.56. The first-order valence-electron chi connectivity index (χ1n) is 6.59. The summed E-state index contributed by atoms with van der Waals surface area (Å²) in [7, 11) is 3.21. The maximum Gasteiger partial charge on any atom is 0.265 e. The fraction of sp³-hybridized carbons (Fsp3) is 0.333. The first-order valence-corrected chi connectivity index (χ1v) is 8.19. The van der Waals surface area contributed by atoms with Crippen LogP contribution in [0, 0.1) is 0 Å². The number of amides is 1. The topological polar surface area (TPSA) is 38.8 Å². The maximum absolute atomic E-state index is 12.0. The number of carbonyl (C=O) groups is 1. The highest BCUT2D eigenvalue weighted by Gasteiger charge is 2.28. The van der Waals surface area contributed by atoms with Crippen LogP contribution < -0.4 is 9.47 Å². The Labute approximate surface area is 144 Å². The van der Waals surface area contributed by atoms with E-state index >= 15 is 0 Å². The normalized spacial score (nSPS) is 16.8. The quantitative estimate of drug-likeness (QED) is 0.602. The number of nitrogens with zero attached hydrogens (tertiary/aromatic N) is 1. The van der Waals surface area contributed by atoms with E-state index in [1.807, 2.05) is 13.8 Å². The minimum atomic E-state index is -0.118. The van der Waals surface area contributed by atoms with Gasteiger partial charge in [-0.05, 0) is 37.6 Å². The van der Waals surface area contributed by atoms with Gasteiger partial charge in [0.2, 0.25) is 0 Å². The number of hydrogen-bond donors (Lipinski definition) is 0. The highest BCUT2D eigenvalue weighted by atomic mass is 35.5. The second-order valence-corrected chi connectivity index (χ2v) is 7.02. The molecule has 2 rings (SSSR count). The fourth-order valence-corrected chi connectivity index (χ4v) is 3.31. The zero-order valence-electron chi connectivity index (χ0n) is 12.7. The van der Waals surface area contributed by atoms with E-state index in [0.717, 1.165) is 5.56 Å². The van der Waals surface area contributed by atoms with Crippen molar-refractivity contribution in [2.75, 3.05) is 14.2 Å². The van der Waals surface area contributed by atoms with Crippen molar-refractivity contribution in [3.8, 4) is 11.5 Å². The summed E-state index contributed by atoms with van der Waals surface area (Å²) in [6.07, 6.45) is 1.73. The van der Waals surface area contributed by atoms with Gasteiger partial charge < -0.3 is 9.47 Å². The molecule has 1 aromatic carbocycles. The molecule has 1 heterocycles. The molecule has 0 aromatic heterocycles. The Balaban J connectivity index is 2.40. The summed E-state index contributed by atoms with van der Waals surface area (Å²) >= 11 is 12.7. The highest BCUT2D eigenvalue weighted by Crippen LogP contribution is 2.39. The van der Waals surface area contributed by atoms with Crippen molar-refractivity contribution < 1.29 is 14.3 Å². The number of halogens is 1. The van der Waals surface area contributed by atoms with E-state index in [1.165, 1.54) is 16.7 Å². The maximum atomic E-state index is 12.0. The van der Waals surface area contributed by atoms with E-state index in [4.69, 9.17) is 33.3 Å². The first kappa shape index (κ1) is 17.1. The molecular formula is C15H16ClNO3S2. The molecule has 1 aromatic rings. The van der Waals surface area contributed by atoms with Crippen LogP contribution in [0.15, 0.2) is 17.0 Å². The van der Waals surface area contributed by atoms with Crippen LogP contribution in [0.3, 0.4) is 0 Å². The molecular weight excluding hydrogens is 342 g/mol. The molecule has 4 nitrogen and oxygen atoms in total. The Morgan fingerprint density at radius 3 is 2.59 bits per heavy atom. The Morgan fingerprint density at radius 1 is 1.41 bits per heavy atom. The van der Waals surface area contributed by atoms with Crippen molar-refractivity contribution in [3.05, 3.63) is 27.6 Å². The molecule has 22 heavy (non-hydrogen) atoms. The number of likely N-dealkylation sites (N-methyl/N-ethyl adjacent to an activating group) is 1. The van der Waals surface area contributed by atoms with E-state index in [9.17, 15) is 4.79 Å². The monoisotopic (exact) mass is 357 g/mol. The molecule has 1 amide bonds. The smallest absolute Gasteiger partial charge is 0.265 e. The Bertz CT molecular complexity index is 658. The zero-order chi connectivity index (χ0) is 16.4. The van der Waals surface area contributed by atoms with Crippen molar-refractivity contribution >= 4 is 51.9 Å². The number of carbonyl (C=O) groups excluding carboxylic acids is 1. The fourth-order valence-electron chi connectivity index (χ4n) is 1.87. The minimum absolute atomic E-state index is 0.0198. The lowest BCUT2D eigenvalue weighted by molar-refractivity contribution is -0.121. The molecule has 0 spiro atoms. The highest BCUT2D eigenvalue weighted by molar-refractivity contribution is 8.26. The Hall–Kier alpha value is -1.24. The zero-order valence-corrected chi connectivity index (χ0v) is 15.1. The lowest BCUT2D eigenvalue weighted by atomic mass is 10.1. The third-order valence-corrected chi connectivity index (χ3v) is 4.66. The summed E-state index contributed by atoms with van der Waals surface area (Å²) in [5, 5.41) is 0.436. The van der Waals surface area contributed by atoms with Crippen molar-refractivity contribution in [2.24, 2.45) is 0 Å². The van der Waals surface area contributed by atoms with Crippen LogP contribution in [-0.2, 0) is 4.79 Å². The van der Waals surface area contributed by atoms with Gasteiger partial charge in [-0.15, -0.1) is 0 Å². The molecule has 0 N–H and O–H groups in total. The molecule has 1 aliphatic heterocycles. The van der Waals surface area contributed by atoms with Gasteiger partial charge in [0, 0.05) is 7.05 Å². The predicted octanol–water partition coefficient (Wildman–Crippen LogP) is 3.97. The summed E-state index contributed by atoms with van der Waals surface area (Å²) in [4.78, 5) is 14.0. The summed E-state index contributed by atoms with van der Waals surface area (Å²) in [5.41, 5.74) is 0.756. The number of methoxy groups -OCH3 is 1. The SMILES string of the molecule is COc1cc(/C=C2/SC(=S)N(C)C2=O)cc(Cl)c1OC(C)C. The number of thioether (sulfide) groups is 1. The molecule has 0 radical (unpaired) electrons. The minimum Gasteiger partial charge on any atom is -0.493 e. The largest absolute Gasteiger partial charge is 0.493 e. The number of rotatable bonds is 4. The lowest BCUT2D eigenvalue weighted by Gasteiger charge is -2.15. The molecule has 0 atom stereocenters. The van der Waals surface area contributed by atoms with E-state index in [1.54, 1.807) is 32.4 Å². The van der Waals surface area contributed by atoms with Crippen molar-refractivity contribution in [1.82, 2.24) is 4.90 Å². The van der Waals surface area contributed by atoms with Crippen molar-refractivity contribution in [3.63, 3.8) is 0 Å². The van der Waals surface area contributed by atoms with E-state index in [2.05, 4.69) is 0 Å². The van der Waals surface area contributed by atoms with E-state index in [0.29, 0.717) is 25.7 Å². The molecule has 0 unspecified atom stereocenters. The van der Waals surface area contributed by atoms with Gasteiger partial charge in [-0.3, -0.25) is 9.69 Å². The van der Waals surface area contributed by atoms with Crippen LogP contribution in [0.2, 0.25) is 5.02 Å². The molecule has 7 heteroatoms. The lowest BCUT2D eigenvalue weighted by Crippen LogP contribution is -2.22. The van der Waals surface area contributed by atoms with Gasteiger partial charge in [0.25, 0.3) is 5.91 Å². The van der Waals surface area contributed by atoms with Crippen molar-refractivity contribution in [2.45, 2.75) is 20.0 Å². The second kappa shape index (κ2) is 6.89. The number of benzene rings is 1. The van der Waals surface area contributed by atoms with Crippen LogP contribution >= 0.6 is 35.6 Å². The average molecular weight is 358 g/mol. The van der Waals surface area contributed by atoms with Crippen LogP contribution in [0.1, 0.15) is 19.4 Å². The van der Waals surface area contributed by atoms with Gasteiger partial charge in [0.15, 0.2) is 11.5 Å². The van der Waals surface area contributed by atoms with Crippen LogP contribution in [0.25, 0.3) is 6.08 Å². The van der Waals surface area contributed by atoms with Gasteiger partial charge in [-0.2, -0.15) is 0 Å². The Morgan fingerprint density at radius 2 is 2.09 bits per heavy atom. The van der Waals surface area contributed by atoms with Crippen LogP contribution in [0.5, 0.6) is 11.5 Å². The van der Waals surface area contributed by atoms with Gasteiger partial charge in [-0.1, -0.05) is 35.6 Å².